The molecule has 3 rings (SSSR count). The van der Waals surface area contributed by atoms with Crippen molar-refractivity contribution < 1.29 is 0 Å². The average molecular weight is 279 g/mol. The predicted molar refractivity (Wildman–Crippen MR) is 81.7 cm³/mol. The number of nitrogens with zero attached hydrogens (tertiary/aromatic N) is 2. The molecule has 0 atom stereocenters. The maximum atomic E-state index is 4.45. The topological polar surface area (TPSA) is 29.9 Å². The summed E-state index contributed by atoms with van der Waals surface area (Å²) < 4.78 is 2.45. The number of hydrogen-bond donors (Lipinski definition) is 1. The van der Waals surface area contributed by atoms with E-state index in [0.717, 1.165) is 19.0 Å². The fraction of sp³-hybridized carbons (Fsp3) is 0.800. The van der Waals surface area contributed by atoms with Crippen LogP contribution in [0.3, 0.4) is 0 Å². The summed E-state index contributed by atoms with van der Waals surface area (Å²) in [6, 6.07) is 0. The molecule has 1 aromatic rings. The fourth-order valence-electron chi connectivity index (χ4n) is 3.41. The largest absolute Gasteiger partial charge is 0.334 e. The molecule has 0 amide bonds. The molecule has 0 unspecified atom stereocenters. The molecule has 3 nitrogen and oxygen atoms in total. The van der Waals surface area contributed by atoms with Crippen molar-refractivity contribution in [2.75, 3.05) is 24.6 Å². The van der Waals surface area contributed by atoms with Gasteiger partial charge in [-0.3, -0.25) is 0 Å². The summed E-state index contributed by atoms with van der Waals surface area (Å²) >= 11 is 2.11. The third-order valence-corrected chi connectivity index (χ3v) is 5.88. The van der Waals surface area contributed by atoms with Crippen molar-refractivity contribution >= 4 is 11.8 Å². The molecule has 2 aliphatic rings. The number of aromatic nitrogens is 2. The van der Waals surface area contributed by atoms with E-state index in [1.165, 1.54) is 49.4 Å². The van der Waals surface area contributed by atoms with Crippen LogP contribution in [0.1, 0.15) is 38.3 Å². The lowest BCUT2D eigenvalue weighted by Crippen LogP contribution is -2.39. The Balaban J connectivity index is 1.73. The highest BCUT2D eigenvalue weighted by atomic mass is 32.2. The molecular formula is C15H25N3S. The number of piperidine rings is 1. The summed E-state index contributed by atoms with van der Waals surface area (Å²) in [6.07, 6.45) is 9.40. The Morgan fingerprint density at radius 3 is 2.84 bits per heavy atom. The van der Waals surface area contributed by atoms with Crippen LogP contribution >= 0.6 is 11.8 Å². The highest BCUT2D eigenvalue weighted by Crippen LogP contribution is 2.33. The van der Waals surface area contributed by atoms with Crippen LogP contribution in [0.15, 0.2) is 12.5 Å². The smallest absolute Gasteiger partial charge is 0.0948 e. The molecule has 106 valence electrons. The summed E-state index contributed by atoms with van der Waals surface area (Å²) in [5, 5.41) is 3.47. The molecule has 19 heavy (non-hydrogen) atoms. The Labute approximate surface area is 120 Å². The van der Waals surface area contributed by atoms with Crippen molar-refractivity contribution in [3.05, 3.63) is 18.2 Å². The highest BCUT2D eigenvalue weighted by molar-refractivity contribution is 7.99. The average Bonchev–Trinajstić information content (AvgIpc) is 2.90. The van der Waals surface area contributed by atoms with Crippen LogP contribution in [0.25, 0.3) is 0 Å². The van der Waals surface area contributed by atoms with Gasteiger partial charge in [-0.1, -0.05) is 6.92 Å². The van der Waals surface area contributed by atoms with E-state index >= 15 is 0 Å². The van der Waals surface area contributed by atoms with Gasteiger partial charge in [0.05, 0.1) is 6.33 Å². The van der Waals surface area contributed by atoms with E-state index in [1.807, 2.05) is 0 Å². The zero-order valence-electron chi connectivity index (χ0n) is 11.9. The van der Waals surface area contributed by atoms with Crippen molar-refractivity contribution in [2.24, 2.45) is 5.92 Å². The van der Waals surface area contributed by atoms with Crippen molar-refractivity contribution in [3.8, 4) is 0 Å². The van der Waals surface area contributed by atoms with Crippen molar-refractivity contribution in [1.82, 2.24) is 14.9 Å². The molecule has 0 aromatic carbocycles. The molecule has 0 aliphatic carbocycles. The van der Waals surface area contributed by atoms with E-state index < -0.39 is 0 Å². The number of thioether (sulfide) groups is 1. The lowest BCUT2D eigenvalue weighted by Gasteiger charge is -2.35. The normalized spacial score (nSPS) is 24.5. The van der Waals surface area contributed by atoms with Gasteiger partial charge in [-0.25, -0.2) is 4.98 Å². The zero-order chi connectivity index (χ0) is 13.1. The van der Waals surface area contributed by atoms with E-state index in [1.54, 1.807) is 0 Å². The summed E-state index contributed by atoms with van der Waals surface area (Å²) in [4.78, 5) is 4.45. The molecule has 1 N–H and O–H groups in total. The molecule has 4 heteroatoms. The quantitative estimate of drug-likeness (QED) is 0.922. The maximum absolute atomic E-state index is 4.45. The Morgan fingerprint density at radius 2 is 2.11 bits per heavy atom. The molecule has 1 aromatic heterocycles. The minimum Gasteiger partial charge on any atom is -0.334 e. The summed E-state index contributed by atoms with van der Waals surface area (Å²) in [5.74, 6) is 3.55. The maximum Gasteiger partial charge on any atom is 0.0948 e. The monoisotopic (exact) mass is 279 g/mol. The van der Waals surface area contributed by atoms with Gasteiger partial charge in [0.25, 0.3) is 0 Å². The zero-order valence-corrected chi connectivity index (χ0v) is 12.7. The van der Waals surface area contributed by atoms with Crippen LogP contribution in [0, 0.1) is 5.92 Å². The minimum absolute atomic E-state index is 0.325. The van der Waals surface area contributed by atoms with Gasteiger partial charge in [0.1, 0.15) is 0 Å². The molecular weight excluding hydrogens is 254 g/mol. The second-order valence-corrected chi connectivity index (χ2v) is 7.52. The Hall–Kier alpha value is -0.480. The first-order valence-electron chi connectivity index (χ1n) is 7.57. The van der Waals surface area contributed by atoms with E-state index in [0.29, 0.717) is 5.41 Å². The Kier molecular flexibility index (Phi) is 4.18. The minimum atomic E-state index is 0.325. The molecule has 0 bridgehead atoms. The molecule has 0 spiro atoms. The Bertz CT molecular complexity index is 403. The van der Waals surface area contributed by atoms with Gasteiger partial charge in [0.2, 0.25) is 0 Å². The van der Waals surface area contributed by atoms with E-state index in [2.05, 4.69) is 46.1 Å². The third-order valence-electron chi connectivity index (χ3n) is 4.83. The van der Waals surface area contributed by atoms with Crippen LogP contribution < -0.4 is 5.32 Å². The molecule has 2 fully saturated rings. The van der Waals surface area contributed by atoms with Crippen LogP contribution in [0.5, 0.6) is 0 Å². The lowest BCUT2D eigenvalue weighted by molar-refractivity contribution is 0.305. The number of imidazole rings is 1. The predicted octanol–water partition coefficient (Wildman–Crippen LogP) is 2.67. The lowest BCUT2D eigenvalue weighted by atomic mass is 9.78. The van der Waals surface area contributed by atoms with Gasteiger partial charge in [0, 0.05) is 23.9 Å². The van der Waals surface area contributed by atoms with Crippen LogP contribution in [0.4, 0.5) is 0 Å². The summed E-state index contributed by atoms with van der Waals surface area (Å²) in [5.41, 5.74) is 1.79. The van der Waals surface area contributed by atoms with E-state index in [4.69, 9.17) is 0 Å². The first-order valence-corrected chi connectivity index (χ1v) is 8.72. The van der Waals surface area contributed by atoms with E-state index in [9.17, 15) is 0 Å². The first-order chi connectivity index (χ1) is 9.28. The van der Waals surface area contributed by atoms with Crippen LogP contribution in [0.2, 0.25) is 0 Å². The second-order valence-electron chi connectivity index (χ2n) is 6.30. The second kappa shape index (κ2) is 5.88. The summed E-state index contributed by atoms with van der Waals surface area (Å²) in [7, 11) is 0. The molecule has 0 radical (unpaired) electrons. The van der Waals surface area contributed by atoms with Crippen LogP contribution in [-0.2, 0) is 12.0 Å². The standard InChI is InChI=1S/C15H25N3S/c1-15(4-6-16-7-5-15)14-10-17-12-18(14)11-13-2-8-19-9-3-13/h10,12-13,16H,2-9,11H2,1H3. The van der Waals surface area contributed by atoms with Gasteiger partial charge < -0.3 is 9.88 Å². The summed E-state index contributed by atoms with van der Waals surface area (Å²) in [6.45, 7) is 5.88. The molecule has 2 aliphatic heterocycles. The van der Waals surface area contributed by atoms with Gasteiger partial charge in [-0.2, -0.15) is 11.8 Å². The van der Waals surface area contributed by atoms with Crippen molar-refractivity contribution in [3.63, 3.8) is 0 Å². The van der Waals surface area contributed by atoms with Crippen molar-refractivity contribution in [1.29, 1.82) is 0 Å². The molecule has 2 saturated heterocycles. The Morgan fingerprint density at radius 1 is 1.37 bits per heavy atom. The van der Waals surface area contributed by atoms with Gasteiger partial charge >= 0.3 is 0 Å². The third kappa shape index (κ3) is 3.00. The number of rotatable bonds is 3. The number of nitrogens with one attached hydrogen (secondary N) is 1. The molecule has 3 heterocycles. The van der Waals surface area contributed by atoms with Gasteiger partial charge in [-0.15, -0.1) is 0 Å². The van der Waals surface area contributed by atoms with Crippen molar-refractivity contribution in [2.45, 2.75) is 44.6 Å². The van der Waals surface area contributed by atoms with E-state index in [-0.39, 0.29) is 0 Å². The van der Waals surface area contributed by atoms with Gasteiger partial charge in [-0.05, 0) is 56.2 Å². The highest BCUT2D eigenvalue weighted by Gasteiger charge is 2.32. The molecule has 0 saturated carbocycles. The number of hydrogen-bond acceptors (Lipinski definition) is 3. The fourth-order valence-corrected chi connectivity index (χ4v) is 4.61. The first kappa shape index (κ1) is 13.5. The van der Waals surface area contributed by atoms with Crippen LogP contribution in [-0.4, -0.2) is 34.1 Å². The SMILES string of the molecule is CC1(c2cncn2CC2CCSCC2)CCNCC1. The van der Waals surface area contributed by atoms with Gasteiger partial charge in [0.15, 0.2) is 0 Å².